The van der Waals surface area contributed by atoms with Gasteiger partial charge in [0.25, 0.3) is 0 Å². The van der Waals surface area contributed by atoms with Crippen LogP contribution in [0.5, 0.6) is 0 Å². The molecular weight excluding hydrogens is 136 g/mol. The van der Waals surface area contributed by atoms with E-state index in [2.05, 4.69) is 11.9 Å². The lowest BCUT2D eigenvalue weighted by Gasteiger charge is -2.26. The van der Waals surface area contributed by atoms with E-state index in [1.165, 1.54) is 32.2 Å². The number of rotatable bonds is 4. The van der Waals surface area contributed by atoms with Crippen LogP contribution in [-0.2, 0) is 0 Å². The summed E-state index contributed by atoms with van der Waals surface area (Å²) < 4.78 is 0. The number of likely N-dealkylation sites (N-methyl/N-ethyl adjacent to an activating group) is 1. The Hall–Kier alpha value is -0.0800. The molecule has 0 unspecified atom stereocenters. The van der Waals surface area contributed by atoms with Crippen LogP contribution in [0, 0.1) is 5.92 Å². The summed E-state index contributed by atoms with van der Waals surface area (Å²) in [4.78, 5) is 2.49. The van der Waals surface area contributed by atoms with Crippen LogP contribution in [0.1, 0.15) is 25.7 Å². The molecule has 0 spiro atoms. The largest absolute Gasteiger partial charge is 0.329 e. The molecule has 0 saturated heterocycles. The van der Waals surface area contributed by atoms with Crippen LogP contribution in [0.4, 0.5) is 0 Å². The van der Waals surface area contributed by atoms with Crippen molar-refractivity contribution >= 4 is 0 Å². The van der Waals surface area contributed by atoms with E-state index in [1.807, 2.05) is 0 Å². The van der Waals surface area contributed by atoms with Crippen molar-refractivity contribution < 1.29 is 0 Å². The number of nitrogens with two attached hydrogens (primary N) is 1. The molecule has 0 aliphatic heterocycles. The summed E-state index contributed by atoms with van der Waals surface area (Å²) >= 11 is 0. The summed E-state index contributed by atoms with van der Waals surface area (Å²) in [6, 6.07) is 0. The van der Waals surface area contributed by atoms with E-state index in [0.29, 0.717) is 5.54 Å². The van der Waals surface area contributed by atoms with Crippen LogP contribution in [-0.4, -0.2) is 30.6 Å². The second-order valence-electron chi connectivity index (χ2n) is 4.25. The maximum Gasteiger partial charge on any atom is 0.0330 e. The summed E-state index contributed by atoms with van der Waals surface area (Å²) in [5.74, 6) is 1.00. The van der Waals surface area contributed by atoms with Crippen molar-refractivity contribution in [2.24, 2.45) is 11.7 Å². The fourth-order valence-electron chi connectivity index (χ4n) is 1.77. The third kappa shape index (κ3) is 1.42. The molecule has 0 aromatic carbocycles. The fourth-order valence-corrected chi connectivity index (χ4v) is 1.77. The monoisotopic (exact) mass is 154 g/mol. The van der Waals surface area contributed by atoms with Crippen LogP contribution in [0.3, 0.4) is 0 Å². The first kappa shape index (κ1) is 7.56. The van der Waals surface area contributed by atoms with Gasteiger partial charge in [-0.1, -0.05) is 0 Å². The van der Waals surface area contributed by atoms with Gasteiger partial charge >= 0.3 is 0 Å². The Morgan fingerprint density at radius 3 is 2.45 bits per heavy atom. The second-order valence-corrected chi connectivity index (χ2v) is 4.25. The van der Waals surface area contributed by atoms with Gasteiger partial charge in [-0.15, -0.1) is 0 Å². The molecule has 2 rings (SSSR count). The van der Waals surface area contributed by atoms with Crippen molar-refractivity contribution in [1.82, 2.24) is 4.90 Å². The van der Waals surface area contributed by atoms with E-state index in [-0.39, 0.29) is 0 Å². The van der Waals surface area contributed by atoms with Gasteiger partial charge in [-0.2, -0.15) is 0 Å². The summed E-state index contributed by atoms with van der Waals surface area (Å²) in [6.07, 6.45) is 5.55. The summed E-state index contributed by atoms with van der Waals surface area (Å²) in [5.41, 5.74) is 6.16. The maximum atomic E-state index is 5.72. The lowest BCUT2D eigenvalue weighted by Crippen LogP contribution is -2.41. The van der Waals surface area contributed by atoms with Crippen molar-refractivity contribution in [3.8, 4) is 0 Å². The molecule has 64 valence electrons. The molecule has 0 radical (unpaired) electrons. The van der Waals surface area contributed by atoms with Crippen LogP contribution >= 0.6 is 0 Å². The second kappa shape index (κ2) is 2.46. The standard InChI is InChI=1S/C9H18N2/c1-11(6-8-2-3-8)9(7-10)4-5-9/h8H,2-7,10H2,1H3. The van der Waals surface area contributed by atoms with Crippen LogP contribution in [0.25, 0.3) is 0 Å². The molecule has 0 bridgehead atoms. The van der Waals surface area contributed by atoms with Crippen LogP contribution in [0.15, 0.2) is 0 Å². The third-order valence-corrected chi connectivity index (χ3v) is 3.25. The Morgan fingerprint density at radius 1 is 1.45 bits per heavy atom. The summed E-state index contributed by atoms with van der Waals surface area (Å²) in [6.45, 7) is 2.15. The highest BCUT2D eigenvalue weighted by molar-refractivity contribution is 5.04. The first-order chi connectivity index (χ1) is 5.27. The van der Waals surface area contributed by atoms with Gasteiger partial charge in [0, 0.05) is 18.6 Å². The molecule has 2 heteroatoms. The number of hydrogen-bond acceptors (Lipinski definition) is 2. The van der Waals surface area contributed by atoms with E-state index in [0.717, 1.165) is 12.5 Å². The summed E-state index contributed by atoms with van der Waals surface area (Å²) in [5, 5.41) is 0. The van der Waals surface area contributed by atoms with Gasteiger partial charge in [0.2, 0.25) is 0 Å². The third-order valence-electron chi connectivity index (χ3n) is 3.25. The minimum Gasteiger partial charge on any atom is -0.329 e. The zero-order chi connectivity index (χ0) is 7.90. The van der Waals surface area contributed by atoms with E-state index in [1.54, 1.807) is 0 Å². The van der Waals surface area contributed by atoms with Gasteiger partial charge in [-0.3, -0.25) is 4.90 Å². The van der Waals surface area contributed by atoms with Crippen molar-refractivity contribution in [3.63, 3.8) is 0 Å². The molecule has 0 heterocycles. The van der Waals surface area contributed by atoms with Crippen molar-refractivity contribution in [1.29, 1.82) is 0 Å². The fraction of sp³-hybridized carbons (Fsp3) is 1.00. The van der Waals surface area contributed by atoms with Gasteiger partial charge < -0.3 is 5.73 Å². The van der Waals surface area contributed by atoms with Crippen molar-refractivity contribution in [3.05, 3.63) is 0 Å². The van der Waals surface area contributed by atoms with Crippen molar-refractivity contribution in [2.75, 3.05) is 20.1 Å². The lowest BCUT2D eigenvalue weighted by molar-refractivity contribution is 0.218. The zero-order valence-electron chi connectivity index (χ0n) is 7.34. The first-order valence-electron chi connectivity index (χ1n) is 4.68. The highest BCUT2D eigenvalue weighted by Crippen LogP contribution is 2.42. The minimum atomic E-state index is 0.433. The molecule has 11 heavy (non-hydrogen) atoms. The Balaban J connectivity index is 1.82. The molecule has 2 nitrogen and oxygen atoms in total. The SMILES string of the molecule is CN(CC1CC1)C1(CN)CC1. The van der Waals surface area contributed by atoms with E-state index >= 15 is 0 Å². The average Bonchev–Trinajstić information content (AvgIpc) is 2.84. The normalized spacial score (nSPS) is 27.5. The van der Waals surface area contributed by atoms with E-state index in [9.17, 15) is 0 Å². The molecule has 2 aliphatic rings. The topological polar surface area (TPSA) is 29.3 Å². The first-order valence-corrected chi connectivity index (χ1v) is 4.68. The predicted molar refractivity (Wildman–Crippen MR) is 46.4 cm³/mol. The van der Waals surface area contributed by atoms with E-state index < -0.39 is 0 Å². The molecular formula is C9H18N2. The molecule has 2 saturated carbocycles. The van der Waals surface area contributed by atoms with Gasteiger partial charge in [0.15, 0.2) is 0 Å². The quantitative estimate of drug-likeness (QED) is 0.649. The Morgan fingerprint density at radius 2 is 2.09 bits per heavy atom. The maximum absolute atomic E-state index is 5.72. The minimum absolute atomic E-state index is 0.433. The average molecular weight is 154 g/mol. The van der Waals surface area contributed by atoms with Gasteiger partial charge in [0.1, 0.15) is 0 Å². The highest BCUT2D eigenvalue weighted by atomic mass is 15.2. The van der Waals surface area contributed by atoms with Gasteiger partial charge in [0.05, 0.1) is 0 Å². The highest BCUT2D eigenvalue weighted by Gasteiger charge is 2.45. The predicted octanol–water partition coefficient (Wildman–Crippen LogP) is 0.819. The van der Waals surface area contributed by atoms with Crippen molar-refractivity contribution in [2.45, 2.75) is 31.2 Å². The molecule has 2 aliphatic carbocycles. The summed E-state index contributed by atoms with van der Waals surface area (Å²) in [7, 11) is 2.23. The van der Waals surface area contributed by atoms with Gasteiger partial charge in [-0.05, 0) is 38.6 Å². The Kier molecular flexibility index (Phi) is 1.69. The smallest absolute Gasteiger partial charge is 0.0330 e. The molecule has 2 fully saturated rings. The van der Waals surface area contributed by atoms with E-state index in [4.69, 9.17) is 5.73 Å². The molecule has 0 atom stereocenters. The zero-order valence-corrected chi connectivity index (χ0v) is 7.34. The van der Waals surface area contributed by atoms with Crippen LogP contribution < -0.4 is 5.73 Å². The lowest BCUT2D eigenvalue weighted by atomic mass is 10.2. The van der Waals surface area contributed by atoms with Gasteiger partial charge in [-0.25, -0.2) is 0 Å². The Bertz CT molecular complexity index is 148. The molecule has 0 amide bonds. The van der Waals surface area contributed by atoms with Crippen LogP contribution in [0.2, 0.25) is 0 Å². The number of nitrogens with zero attached hydrogens (tertiary/aromatic N) is 1. The number of hydrogen-bond donors (Lipinski definition) is 1. The molecule has 0 aromatic heterocycles. The Labute approximate surface area is 68.7 Å². The molecule has 2 N–H and O–H groups in total. The molecule has 0 aromatic rings.